The van der Waals surface area contributed by atoms with Gasteiger partial charge in [0.2, 0.25) is 0 Å². The van der Waals surface area contributed by atoms with Crippen LogP contribution in [0, 0.1) is 0 Å². The minimum Gasteiger partial charge on any atom is -0.394 e. The van der Waals surface area contributed by atoms with Crippen LogP contribution in [0.4, 0.5) is 0 Å². The number of thioether (sulfide) groups is 1. The fourth-order valence-electron chi connectivity index (χ4n) is 0.455. The van der Waals surface area contributed by atoms with E-state index in [1.165, 1.54) is 0 Å². The lowest BCUT2D eigenvalue weighted by Gasteiger charge is -2.03. The first kappa shape index (κ1) is 9.27. The second kappa shape index (κ2) is 6.39. The topological polar surface area (TPSA) is 40.5 Å². The van der Waals surface area contributed by atoms with Crippen molar-refractivity contribution in [3.63, 3.8) is 0 Å². The highest BCUT2D eigenvalue weighted by Crippen LogP contribution is 2.02. The highest BCUT2D eigenvalue weighted by Gasteiger charge is 1.99. The second-order valence-corrected chi connectivity index (χ2v) is 3.22. The molecule has 2 nitrogen and oxygen atoms in total. The molecule has 0 radical (unpaired) electrons. The third kappa shape index (κ3) is 6.15. The fourth-order valence-corrected chi connectivity index (χ4v) is 1.18. The lowest BCUT2D eigenvalue weighted by atomic mass is 10.3. The summed E-state index contributed by atoms with van der Waals surface area (Å²) in [5.41, 5.74) is 0. The van der Waals surface area contributed by atoms with Crippen molar-refractivity contribution in [2.45, 2.75) is 19.4 Å². The Hall–Kier alpha value is 0.270. The lowest BCUT2D eigenvalue weighted by Crippen LogP contribution is -2.12. The van der Waals surface area contributed by atoms with Gasteiger partial charge in [-0.2, -0.15) is 11.8 Å². The molecule has 0 amide bonds. The number of hydrogen-bond donors (Lipinski definition) is 2. The number of aliphatic hydroxyl groups is 2. The highest BCUT2D eigenvalue weighted by molar-refractivity contribution is 7.99. The molecule has 0 spiro atoms. The maximum Gasteiger partial charge on any atom is 0.0778 e. The molecule has 0 bridgehead atoms. The van der Waals surface area contributed by atoms with Crippen molar-refractivity contribution < 1.29 is 10.2 Å². The van der Waals surface area contributed by atoms with Crippen molar-refractivity contribution in [1.82, 2.24) is 0 Å². The van der Waals surface area contributed by atoms with E-state index in [0.717, 1.165) is 11.5 Å². The summed E-state index contributed by atoms with van der Waals surface area (Å²) < 4.78 is 0. The Kier molecular flexibility index (Phi) is 6.58. The molecule has 56 valence electrons. The molecule has 0 aromatic rings. The van der Waals surface area contributed by atoms with Gasteiger partial charge in [0, 0.05) is 0 Å². The molecule has 2 N–H and O–H groups in total. The van der Waals surface area contributed by atoms with Crippen LogP contribution in [0.1, 0.15) is 13.3 Å². The van der Waals surface area contributed by atoms with Gasteiger partial charge in [-0.25, -0.2) is 0 Å². The van der Waals surface area contributed by atoms with E-state index < -0.39 is 6.10 Å². The molecule has 0 aliphatic rings. The molecule has 0 aliphatic heterocycles. The molecule has 0 heterocycles. The maximum atomic E-state index is 8.82. The fraction of sp³-hybridized carbons (Fsp3) is 1.00. The Morgan fingerprint density at radius 3 is 2.67 bits per heavy atom. The standard InChI is InChI=1S/C6H14O2S/c1-2-9-4-3-6(8)5-7/h6-8H,2-5H2,1H3. The molecule has 0 aromatic heterocycles. The minimum atomic E-state index is -0.510. The van der Waals surface area contributed by atoms with Gasteiger partial charge in [-0.15, -0.1) is 0 Å². The lowest BCUT2D eigenvalue weighted by molar-refractivity contribution is 0.0932. The zero-order valence-corrected chi connectivity index (χ0v) is 6.52. The monoisotopic (exact) mass is 150 g/mol. The first-order valence-electron chi connectivity index (χ1n) is 3.18. The Balaban J connectivity index is 2.88. The first-order valence-corrected chi connectivity index (χ1v) is 4.33. The van der Waals surface area contributed by atoms with E-state index >= 15 is 0 Å². The van der Waals surface area contributed by atoms with Gasteiger partial charge in [-0.3, -0.25) is 0 Å². The van der Waals surface area contributed by atoms with Crippen LogP contribution in [0.25, 0.3) is 0 Å². The quantitative estimate of drug-likeness (QED) is 0.560. The molecule has 0 rings (SSSR count). The normalized spacial score (nSPS) is 13.7. The molecule has 0 saturated heterocycles. The Bertz CT molecular complexity index is 59.0. The van der Waals surface area contributed by atoms with Crippen molar-refractivity contribution in [3.8, 4) is 0 Å². The van der Waals surface area contributed by atoms with E-state index in [1.807, 2.05) is 0 Å². The average molecular weight is 150 g/mol. The van der Waals surface area contributed by atoms with Gasteiger partial charge in [0.1, 0.15) is 0 Å². The van der Waals surface area contributed by atoms with Crippen LogP contribution in [0.15, 0.2) is 0 Å². The average Bonchev–Trinajstić information content (AvgIpc) is 1.89. The molecular weight excluding hydrogens is 136 g/mol. The van der Waals surface area contributed by atoms with E-state index in [-0.39, 0.29) is 6.61 Å². The van der Waals surface area contributed by atoms with Crippen molar-refractivity contribution in [2.24, 2.45) is 0 Å². The summed E-state index contributed by atoms with van der Waals surface area (Å²) in [5.74, 6) is 2.02. The van der Waals surface area contributed by atoms with E-state index in [9.17, 15) is 0 Å². The minimum absolute atomic E-state index is 0.107. The van der Waals surface area contributed by atoms with E-state index in [1.54, 1.807) is 11.8 Å². The van der Waals surface area contributed by atoms with Gasteiger partial charge in [0.05, 0.1) is 12.7 Å². The van der Waals surface area contributed by atoms with Crippen LogP contribution in [-0.2, 0) is 0 Å². The summed E-state index contributed by atoms with van der Waals surface area (Å²) in [5, 5.41) is 17.2. The first-order chi connectivity index (χ1) is 4.31. The largest absolute Gasteiger partial charge is 0.394 e. The van der Waals surface area contributed by atoms with Gasteiger partial charge in [0.25, 0.3) is 0 Å². The molecule has 1 atom stereocenters. The van der Waals surface area contributed by atoms with Gasteiger partial charge in [-0.05, 0) is 17.9 Å². The zero-order valence-electron chi connectivity index (χ0n) is 5.71. The molecule has 0 aliphatic carbocycles. The summed E-state index contributed by atoms with van der Waals surface area (Å²) in [7, 11) is 0. The summed E-state index contributed by atoms with van der Waals surface area (Å²) in [6.45, 7) is 1.97. The van der Waals surface area contributed by atoms with Gasteiger partial charge < -0.3 is 10.2 Å². The zero-order chi connectivity index (χ0) is 7.11. The number of rotatable bonds is 5. The second-order valence-electron chi connectivity index (χ2n) is 1.82. The van der Waals surface area contributed by atoms with Gasteiger partial charge in [-0.1, -0.05) is 6.92 Å². The molecular formula is C6H14O2S. The van der Waals surface area contributed by atoms with Crippen LogP contribution in [-0.4, -0.2) is 34.4 Å². The summed E-state index contributed by atoms with van der Waals surface area (Å²) >= 11 is 1.78. The number of aliphatic hydroxyl groups excluding tert-OH is 2. The van der Waals surface area contributed by atoms with E-state index in [4.69, 9.17) is 10.2 Å². The van der Waals surface area contributed by atoms with Crippen molar-refractivity contribution >= 4 is 11.8 Å². The Labute approximate surface area is 60.3 Å². The van der Waals surface area contributed by atoms with Crippen molar-refractivity contribution in [2.75, 3.05) is 18.1 Å². The molecule has 0 saturated carbocycles. The van der Waals surface area contributed by atoms with E-state index in [2.05, 4.69) is 6.92 Å². The third-order valence-corrected chi connectivity index (χ3v) is 1.94. The molecule has 0 aromatic carbocycles. The Morgan fingerprint density at radius 2 is 2.22 bits per heavy atom. The number of hydrogen-bond acceptors (Lipinski definition) is 3. The van der Waals surface area contributed by atoms with E-state index in [0.29, 0.717) is 6.42 Å². The van der Waals surface area contributed by atoms with Crippen LogP contribution >= 0.6 is 11.8 Å². The predicted octanol–water partition coefficient (Wildman–Crippen LogP) is 0.483. The molecule has 3 heteroatoms. The predicted molar refractivity (Wildman–Crippen MR) is 40.7 cm³/mol. The smallest absolute Gasteiger partial charge is 0.0778 e. The molecule has 1 unspecified atom stereocenters. The molecule has 9 heavy (non-hydrogen) atoms. The maximum absolute atomic E-state index is 8.82. The van der Waals surface area contributed by atoms with Gasteiger partial charge >= 0.3 is 0 Å². The molecule has 0 fully saturated rings. The summed E-state index contributed by atoms with van der Waals surface area (Å²) in [4.78, 5) is 0. The van der Waals surface area contributed by atoms with Crippen LogP contribution in [0.2, 0.25) is 0 Å². The van der Waals surface area contributed by atoms with Crippen molar-refractivity contribution in [3.05, 3.63) is 0 Å². The third-order valence-electron chi connectivity index (χ3n) is 1.01. The summed E-state index contributed by atoms with van der Waals surface area (Å²) in [6, 6.07) is 0. The summed E-state index contributed by atoms with van der Waals surface area (Å²) in [6.07, 6.45) is 0.193. The highest BCUT2D eigenvalue weighted by atomic mass is 32.2. The van der Waals surface area contributed by atoms with Crippen LogP contribution < -0.4 is 0 Å². The van der Waals surface area contributed by atoms with Crippen LogP contribution in [0.3, 0.4) is 0 Å². The Morgan fingerprint density at radius 1 is 1.56 bits per heavy atom. The van der Waals surface area contributed by atoms with Gasteiger partial charge in [0.15, 0.2) is 0 Å². The van der Waals surface area contributed by atoms with Crippen LogP contribution in [0.5, 0.6) is 0 Å². The SMILES string of the molecule is CCSCCC(O)CO. The van der Waals surface area contributed by atoms with Crippen molar-refractivity contribution in [1.29, 1.82) is 0 Å².